The van der Waals surface area contributed by atoms with Gasteiger partial charge in [0.1, 0.15) is 5.75 Å². The number of carbonyl (C=O) groups excluding carboxylic acids is 1. The van der Waals surface area contributed by atoms with Crippen LogP contribution in [-0.4, -0.2) is 34.6 Å². The molecule has 3 aromatic rings. The van der Waals surface area contributed by atoms with Crippen molar-refractivity contribution < 1.29 is 14.1 Å². The molecule has 1 aromatic heterocycles. The van der Waals surface area contributed by atoms with Crippen LogP contribution in [-0.2, 0) is 11.3 Å². The van der Waals surface area contributed by atoms with Crippen LogP contribution in [0.5, 0.6) is 5.75 Å². The molecule has 0 saturated carbocycles. The first-order chi connectivity index (χ1) is 13.2. The van der Waals surface area contributed by atoms with E-state index < -0.39 is 0 Å². The molecule has 2 aromatic carbocycles. The first-order valence-electron chi connectivity index (χ1n) is 8.95. The molecule has 1 amide bonds. The van der Waals surface area contributed by atoms with E-state index in [0.717, 1.165) is 22.4 Å². The largest absolute Gasteiger partial charge is 0.496 e. The summed E-state index contributed by atoms with van der Waals surface area (Å²) in [5.41, 5.74) is 2.99. The van der Waals surface area contributed by atoms with E-state index in [1.54, 1.807) is 7.11 Å². The van der Waals surface area contributed by atoms with Gasteiger partial charge in [0.2, 0.25) is 5.91 Å². The van der Waals surface area contributed by atoms with Crippen molar-refractivity contribution in [1.82, 2.24) is 15.0 Å². The van der Waals surface area contributed by atoms with Gasteiger partial charge in [-0.15, -0.1) is 0 Å². The lowest BCUT2D eigenvalue weighted by Crippen LogP contribution is -2.24. The van der Waals surface area contributed by atoms with E-state index >= 15 is 0 Å². The molecule has 1 unspecified atom stereocenters. The van der Waals surface area contributed by atoms with E-state index in [-0.39, 0.29) is 11.8 Å². The molecule has 1 saturated heterocycles. The Balaban J connectivity index is 1.51. The minimum atomic E-state index is -0.0614. The first-order valence-corrected chi connectivity index (χ1v) is 8.95. The lowest BCUT2D eigenvalue weighted by molar-refractivity contribution is -0.128. The zero-order valence-corrected chi connectivity index (χ0v) is 15.4. The molecule has 0 spiro atoms. The fourth-order valence-electron chi connectivity index (χ4n) is 3.46. The lowest BCUT2D eigenvalue weighted by atomic mass is 10.1. The second-order valence-corrected chi connectivity index (χ2v) is 6.76. The van der Waals surface area contributed by atoms with E-state index in [9.17, 15) is 4.79 Å². The number of amides is 1. The molecule has 6 nitrogen and oxygen atoms in total. The number of ether oxygens (including phenoxy) is 1. The molecule has 1 aliphatic heterocycles. The van der Waals surface area contributed by atoms with Crippen LogP contribution in [0.3, 0.4) is 0 Å². The molecule has 6 heteroatoms. The normalized spacial score (nSPS) is 16.7. The average molecular weight is 363 g/mol. The number of hydrogen-bond donors (Lipinski definition) is 0. The van der Waals surface area contributed by atoms with Crippen LogP contribution in [0.25, 0.3) is 11.5 Å². The van der Waals surface area contributed by atoms with Gasteiger partial charge >= 0.3 is 0 Å². The third-order valence-corrected chi connectivity index (χ3v) is 4.95. The summed E-state index contributed by atoms with van der Waals surface area (Å²) >= 11 is 0. The Labute approximate surface area is 157 Å². The second-order valence-electron chi connectivity index (χ2n) is 6.76. The Morgan fingerprint density at radius 1 is 1.19 bits per heavy atom. The van der Waals surface area contributed by atoms with Crippen molar-refractivity contribution in [2.45, 2.75) is 25.8 Å². The maximum atomic E-state index is 12.5. The van der Waals surface area contributed by atoms with Crippen molar-refractivity contribution in [3.8, 4) is 17.2 Å². The number of nitrogens with zero attached hydrogens (tertiary/aromatic N) is 3. The van der Waals surface area contributed by atoms with Crippen molar-refractivity contribution in [2.75, 3.05) is 13.7 Å². The number of aryl methyl sites for hydroxylation is 1. The number of carbonyl (C=O) groups is 1. The van der Waals surface area contributed by atoms with E-state index in [1.807, 2.05) is 60.4 Å². The molecular weight excluding hydrogens is 342 g/mol. The number of rotatable bonds is 5. The molecule has 1 fully saturated rings. The number of aromatic nitrogens is 2. The van der Waals surface area contributed by atoms with Crippen LogP contribution in [0, 0.1) is 6.92 Å². The number of para-hydroxylation sites is 1. The highest BCUT2D eigenvalue weighted by Crippen LogP contribution is 2.31. The molecule has 0 radical (unpaired) electrons. The maximum Gasteiger partial charge on any atom is 0.258 e. The highest BCUT2D eigenvalue weighted by Gasteiger charge is 2.34. The Hall–Kier alpha value is -3.15. The van der Waals surface area contributed by atoms with Crippen LogP contribution < -0.4 is 4.74 Å². The van der Waals surface area contributed by atoms with Gasteiger partial charge in [0.05, 0.1) is 7.11 Å². The Bertz CT molecular complexity index is 967. The van der Waals surface area contributed by atoms with Crippen molar-refractivity contribution in [2.24, 2.45) is 0 Å². The number of hydrogen-bond acceptors (Lipinski definition) is 5. The van der Waals surface area contributed by atoms with Gasteiger partial charge in [-0.1, -0.05) is 41.6 Å². The molecule has 0 N–H and O–H groups in total. The molecule has 27 heavy (non-hydrogen) atoms. The van der Waals surface area contributed by atoms with Gasteiger partial charge in [0, 0.05) is 36.6 Å². The molecule has 0 bridgehead atoms. The zero-order chi connectivity index (χ0) is 18.8. The van der Waals surface area contributed by atoms with Crippen LogP contribution in [0.1, 0.15) is 29.3 Å². The topological polar surface area (TPSA) is 68.5 Å². The monoisotopic (exact) mass is 363 g/mol. The Morgan fingerprint density at radius 3 is 2.78 bits per heavy atom. The molecule has 138 valence electrons. The molecule has 2 heterocycles. The Morgan fingerprint density at radius 2 is 1.96 bits per heavy atom. The first kappa shape index (κ1) is 17.3. The summed E-state index contributed by atoms with van der Waals surface area (Å²) in [5, 5.41) is 4.14. The van der Waals surface area contributed by atoms with Gasteiger partial charge in [-0.2, -0.15) is 4.98 Å². The smallest absolute Gasteiger partial charge is 0.258 e. The molecule has 0 aliphatic carbocycles. The number of benzene rings is 2. The molecular formula is C21H21N3O3. The number of likely N-dealkylation sites (tertiary alicyclic amines) is 1. The standard InChI is InChI=1S/C21H21N3O3/c1-14-7-3-5-9-17(14)21-22-20(23-27-21)16-11-19(25)24(13-16)12-15-8-4-6-10-18(15)26-2/h3-10,16H,11-13H2,1-2H3. The van der Waals surface area contributed by atoms with Gasteiger partial charge in [-0.05, 0) is 24.6 Å². The fourth-order valence-corrected chi connectivity index (χ4v) is 3.46. The van der Waals surface area contributed by atoms with Gasteiger partial charge < -0.3 is 14.2 Å². The average Bonchev–Trinajstić information content (AvgIpc) is 3.30. The summed E-state index contributed by atoms with van der Waals surface area (Å²) in [5.74, 6) is 1.90. The van der Waals surface area contributed by atoms with Crippen LogP contribution >= 0.6 is 0 Å². The second kappa shape index (κ2) is 7.23. The fraction of sp³-hybridized carbons (Fsp3) is 0.286. The van der Waals surface area contributed by atoms with Crippen molar-refractivity contribution in [3.05, 3.63) is 65.5 Å². The van der Waals surface area contributed by atoms with Crippen molar-refractivity contribution >= 4 is 5.91 Å². The minimum absolute atomic E-state index is 0.0614. The summed E-state index contributed by atoms with van der Waals surface area (Å²) in [7, 11) is 1.64. The van der Waals surface area contributed by atoms with E-state index in [4.69, 9.17) is 9.26 Å². The van der Waals surface area contributed by atoms with Crippen LogP contribution in [0.4, 0.5) is 0 Å². The minimum Gasteiger partial charge on any atom is -0.496 e. The lowest BCUT2D eigenvalue weighted by Gasteiger charge is -2.17. The van der Waals surface area contributed by atoms with Crippen LogP contribution in [0.15, 0.2) is 53.1 Å². The predicted molar refractivity (Wildman–Crippen MR) is 100 cm³/mol. The van der Waals surface area contributed by atoms with E-state index in [0.29, 0.717) is 31.2 Å². The quantitative estimate of drug-likeness (QED) is 0.693. The predicted octanol–water partition coefficient (Wildman–Crippen LogP) is 3.57. The number of methoxy groups -OCH3 is 1. The highest BCUT2D eigenvalue weighted by molar-refractivity contribution is 5.79. The molecule has 1 atom stereocenters. The molecule has 4 rings (SSSR count). The summed E-state index contributed by atoms with van der Waals surface area (Å²) in [6, 6.07) is 15.6. The Kier molecular flexibility index (Phi) is 4.62. The zero-order valence-electron chi connectivity index (χ0n) is 15.4. The van der Waals surface area contributed by atoms with Gasteiger partial charge in [-0.25, -0.2) is 0 Å². The third-order valence-electron chi connectivity index (χ3n) is 4.95. The van der Waals surface area contributed by atoms with E-state index in [2.05, 4.69) is 10.1 Å². The van der Waals surface area contributed by atoms with E-state index in [1.165, 1.54) is 0 Å². The third kappa shape index (κ3) is 3.43. The van der Waals surface area contributed by atoms with Crippen molar-refractivity contribution in [1.29, 1.82) is 0 Å². The highest BCUT2D eigenvalue weighted by atomic mass is 16.5. The van der Waals surface area contributed by atoms with Crippen LogP contribution in [0.2, 0.25) is 0 Å². The van der Waals surface area contributed by atoms with Gasteiger partial charge in [0.15, 0.2) is 5.82 Å². The molecule has 1 aliphatic rings. The summed E-state index contributed by atoms with van der Waals surface area (Å²) in [6.45, 7) is 3.10. The summed E-state index contributed by atoms with van der Waals surface area (Å²) in [4.78, 5) is 18.9. The maximum absolute atomic E-state index is 12.5. The van der Waals surface area contributed by atoms with Gasteiger partial charge in [0.25, 0.3) is 5.89 Å². The van der Waals surface area contributed by atoms with Gasteiger partial charge in [-0.3, -0.25) is 4.79 Å². The van der Waals surface area contributed by atoms with Crippen molar-refractivity contribution in [3.63, 3.8) is 0 Å². The summed E-state index contributed by atoms with van der Waals surface area (Å²) in [6.07, 6.45) is 0.391. The summed E-state index contributed by atoms with van der Waals surface area (Å²) < 4.78 is 10.8. The SMILES string of the molecule is COc1ccccc1CN1CC(c2noc(-c3ccccc3C)n2)CC1=O.